The monoisotopic (exact) mass is 360 g/mol. The second kappa shape index (κ2) is 4.80. The molecule has 0 unspecified atom stereocenters. The number of para-hydroxylation sites is 4. The van der Waals surface area contributed by atoms with Crippen LogP contribution in [0.2, 0.25) is 0 Å². The first-order chi connectivity index (χ1) is 13.9. The van der Waals surface area contributed by atoms with Crippen LogP contribution in [0, 0.1) is 0 Å². The third kappa shape index (κ3) is 1.67. The Labute approximate surface area is 157 Å². The highest BCUT2D eigenvalue weighted by Crippen LogP contribution is 2.29. The van der Waals surface area contributed by atoms with Gasteiger partial charge < -0.3 is 0 Å². The summed E-state index contributed by atoms with van der Waals surface area (Å²) in [7, 11) is 0. The van der Waals surface area contributed by atoms with Gasteiger partial charge in [0.1, 0.15) is 23.9 Å². The van der Waals surface area contributed by atoms with Crippen molar-refractivity contribution in [1.29, 1.82) is 0 Å². The highest BCUT2D eigenvalue weighted by molar-refractivity contribution is 6.07. The van der Waals surface area contributed by atoms with Crippen LogP contribution in [0.3, 0.4) is 0 Å². The van der Waals surface area contributed by atoms with Crippen LogP contribution in [0.4, 0.5) is 0 Å². The molecule has 0 fully saturated rings. The minimum absolute atomic E-state index is 0.878. The number of fused-ring (bicyclic) bond motifs is 10. The minimum Gasteiger partial charge on any atom is -0.282 e. The number of benzene rings is 3. The van der Waals surface area contributed by atoms with Crippen LogP contribution in [0.15, 0.2) is 73.3 Å². The van der Waals surface area contributed by atoms with Gasteiger partial charge in [0.25, 0.3) is 0 Å². The van der Waals surface area contributed by atoms with Gasteiger partial charge in [-0.1, -0.05) is 24.3 Å². The van der Waals surface area contributed by atoms with Gasteiger partial charge in [0.2, 0.25) is 0 Å². The lowest BCUT2D eigenvalue weighted by molar-refractivity contribution is 1.14. The maximum atomic E-state index is 4.85. The number of hydrogen-bond donors (Lipinski definition) is 0. The predicted octanol–water partition coefficient (Wildman–Crippen LogP) is 4.38. The van der Waals surface area contributed by atoms with E-state index < -0.39 is 0 Å². The summed E-state index contributed by atoms with van der Waals surface area (Å²) in [6, 6.07) is 20.3. The third-order valence-electron chi connectivity index (χ3n) is 5.41. The molecule has 28 heavy (non-hydrogen) atoms. The van der Waals surface area contributed by atoms with Crippen molar-refractivity contribution in [3.63, 3.8) is 0 Å². The van der Waals surface area contributed by atoms with E-state index in [-0.39, 0.29) is 0 Å². The topological polar surface area (TPSA) is 60.4 Å². The number of imidazole rings is 2. The van der Waals surface area contributed by atoms with E-state index in [0.29, 0.717) is 0 Å². The molecule has 7 rings (SSSR count). The molecule has 0 spiro atoms. The summed E-state index contributed by atoms with van der Waals surface area (Å²) < 4.78 is 4.08. The second-order valence-electron chi connectivity index (χ2n) is 6.96. The number of hydrogen-bond acceptors (Lipinski definition) is 4. The Kier molecular flexibility index (Phi) is 2.41. The van der Waals surface area contributed by atoms with E-state index in [1.54, 1.807) is 0 Å². The number of nitrogens with zero attached hydrogens (tertiary/aromatic N) is 6. The summed E-state index contributed by atoms with van der Waals surface area (Å²) in [5, 5.41) is 1.99. The van der Waals surface area contributed by atoms with E-state index in [1.165, 1.54) is 0 Å². The Morgan fingerprint density at radius 3 is 1.57 bits per heavy atom. The van der Waals surface area contributed by atoms with E-state index in [0.717, 1.165) is 55.2 Å². The average molecular weight is 360 g/mol. The molecule has 4 aromatic heterocycles. The van der Waals surface area contributed by atoms with Crippen molar-refractivity contribution < 1.29 is 0 Å². The van der Waals surface area contributed by atoms with Gasteiger partial charge in [-0.3, -0.25) is 8.80 Å². The van der Waals surface area contributed by atoms with Crippen LogP contribution in [0.5, 0.6) is 0 Å². The minimum atomic E-state index is 0.878. The average Bonchev–Trinajstić information content (AvgIpc) is 3.31. The highest BCUT2D eigenvalue weighted by Gasteiger charge is 2.13. The predicted molar refractivity (Wildman–Crippen MR) is 110 cm³/mol. The summed E-state index contributed by atoms with van der Waals surface area (Å²) in [5.41, 5.74) is 7.56. The zero-order chi connectivity index (χ0) is 18.2. The normalized spacial score (nSPS) is 12.3. The van der Waals surface area contributed by atoms with Crippen molar-refractivity contribution in [2.75, 3.05) is 0 Å². The molecule has 4 heterocycles. The van der Waals surface area contributed by atoms with E-state index in [2.05, 4.69) is 28.2 Å². The summed E-state index contributed by atoms with van der Waals surface area (Å²) in [6.07, 6.45) is 3.67. The fourth-order valence-corrected chi connectivity index (χ4v) is 4.09. The lowest BCUT2D eigenvalue weighted by Crippen LogP contribution is -1.93. The molecule has 0 aliphatic rings. The van der Waals surface area contributed by atoms with Crippen molar-refractivity contribution in [3.8, 4) is 0 Å². The van der Waals surface area contributed by atoms with Crippen LogP contribution >= 0.6 is 0 Å². The Balaban J connectivity index is 1.70. The highest BCUT2D eigenvalue weighted by atomic mass is 15.1. The fraction of sp³-hybridized carbons (Fsp3) is 0. The zero-order valence-corrected chi connectivity index (χ0v) is 14.6. The molecule has 3 aromatic carbocycles. The number of aromatic nitrogens is 6. The molecule has 0 radical (unpaired) electrons. The standard InChI is InChI=1S/C22H12N6/c1-3-7-19-15(5-1)25-21-13-9-14-18(10-17(13)23-11-27(19)21)24-12-28-20-8-4-2-6-16(20)26-22(14)28/h1-12H. The molecule has 0 atom stereocenters. The van der Waals surface area contributed by atoms with Crippen LogP contribution < -0.4 is 0 Å². The van der Waals surface area contributed by atoms with Crippen molar-refractivity contribution in [3.05, 3.63) is 73.3 Å². The Morgan fingerprint density at radius 1 is 0.536 bits per heavy atom. The Hall–Kier alpha value is -4.06. The molecular weight excluding hydrogens is 348 g/mol. The molecule has 0 saturated heterocycles. The molecule has 130 valence electrons. The lowest BCUT2D eigenvalue weighted by atomic mass is 10.1. The van der Waals surface area contributed by atoms with Gasteiger partial charge in [0.05, 0.1) is 33.1 Å². The largest absolute Gasteiger partial charge is 0.282 e. The van der Waals surface area contributed by atoms with Crippen LogP contribution in [0.1, 0.15) is 0 Å². The molecule has 0 aliphatic heterocycles. The van der Waals surface area contributed by atoms with Crippen molar-refractivity contribution in [2.45, 2.75) is 0 Å². The molecule has 6 heteroatoms. The molecule has 6 nitrogen and oxygen atoms in total. The van der Waals surface area contributed by atoms with E-state index in [4.69, 9.17) is 9.97 Å². The maximum absolute atomic E-state index is 4.85. The van der Waals surface area contributed by atoms with Gasteiger partial charge in [0, 0.05) is 10.8 Å². The van der Waals surface area contributed by atoms with Gasteiger partial charge in [0.15, 0.2) is 0 Å². The van der Waals surface area contributed by atoms with Gasteiger partial charge in [-0.05, 0) is 36.4 Å². The summed E-state index contributed by atoms with van der Waals surface area (Å²) in [5.74, 6) is 0. The molecule has 7 aromatic rings. The van der Waals surface area contributed by atoms with Gasteiger partial charge in [-0.25, -0.2) is 19.9 Å². The van der Waals surface area contributed by atoms with E-state index in [9.17, 15) is 0 Å². The molecule has 0 aliphatic carbocycles. The first kappa shape index (κ1) is 14.1. The summed E-state index contributed by atoms with van der Waals surface area (Å²) in [6.45, 7) is 0. The van der Waals surface area contributed by atoms with Crippen molar-refractivity contribution in [2.24, 2.45) is 0 Å². The van der Waals surface area contributed by atoms with Gasteiger partial charge in [-0.2, -0.15) is 0 Å². The van der Waals surface area contributed by atoms with Gasteiger partial charge >= 0.3 is 0 Å². The Morgan fingerprint density at radius 2 is 1.04 bits per heavy atom. The van der Waals surface area contributed by atoms with E-state index in [1.807, 2.05) is 63.9 Å². The maximum Gasteiger partial charge on any atom is 0.148 e. The van der Waals surface area contributed by atoms with Gasteiger partial charge in [-0.15, -0.1) is 0 Å². The molecule has 0 amide bonds. The Bertz CT molecular complexity index is 1600. The fourth-order valence-electron chi connectivity index (χ4n) is 4.09. The SMILES string of the molecule is c1ccc2c(c1)nc1c3cc4c(cc3ncn21)ncn1c2ccccc2nc41. The van der Waals surface area contributed by atoms with E-state index >= 15 is 0 Å². The number of rotatable bonds is 0. The molecule has 0 saturated carbocycles. The van der Waals surface area contributed by atoms with Crippen LogP contribution in [0.25, 0.3) is 55.2 Å². The third-order valence-corrected chi connectivity index (χ3v) is 5.41. The van der Waals surface area contributed by atoms with Crippen LogP contribution in [-0.4, -0.2) is 28.7 Å². The summed E-state index contributed by atoms with van der Waals surface area (Å²) in [4.78, 5) is 19.0. The first-order valence-corrected chi connectivity index (χ1v) is 9.08. The molecule has 0 N–H and O–H groups in total. The molecule has 0 bridgehead atoms. The summed E-state index contributed by atoms with van der Waals surface area (Å²) >= 11 is 0. The lowest BCUT2D eigenvalue weighted by Gasteiger charge is -2.05. The first-order valence-electron chi connectivity index (χ1n) is 9.08. The molecular formula is C22H12N6. The second-order valence-corrected chi connectivity index (χ2v) is 6.96. The zero-order valence-electron chi connectivity index (χ0n) is 14.6. The van der Waals surface area contributed by atoms with Crippen molar-refractivity contribution in [1.82, 2.24) is 28.7 Å². The smallest absolute Gasteiger partial charge is 0.148 e. The van der Waals surface area contributed by atoms with Crippen LogP contribution in [-0.2, 0) is 0 Å². The van der Waals surface area contributed by atoms with Crippen molar-refractivity contribution >= 4 is 55.2 Å². The quantitative estimate of drug-likeness (QED) is 0.377.